The van der Waals surface area contributed by atoms with Gasteiger partial charge in [0.15, 0.2) is 17.5 Å². The zero-order valence-corrected chi connectivity index (χ0v) is 29.0. The highest BCUT2D eigenvalue weighted by molar-refractivity contribution is 6.11. The third-order valence-electron chi connectivity index (χ3n) is 10.6. The molecular weight excluding hydrogens is 633 g/mol. The van der Waals surface area contributed by atoms with Gasteiger partial charge in [-0.3, -0.25) is 0 Å². The van der Waals surface area contributed by atoms with E-state index in [0.29, 0.717) is 17.5 Å². The van der Waals surface area contributed by atoms with Crippen molar-refractivity contribution in [3.8, 4) is 62.1 Å². The Balaban J connectivity index is 1.09. The molecule has 9 aromatic rings. The molecule has 0 radical (unpaired) electrons. The van der Waals surface area contributed by atoms with E-state index in [4.69, 9.17) is 15.0 Å². The predicted octanol–water partition coefficient (Wildman–Crippen LogP) is 11.9. The molecule has 0 spiro atoms. The van der Waals surface area contributed by atoms with E-state index in [-0.39, 0.29) is 5.41 Å². The van der Waals surface area contributed by atoms with Crippen LogP contribution in [0.15, 0.2) is 170 Å². The summed E-state index contributed by atoms with van der Waals surface area (Å²) in [5.41, 5.74) is 13.9. The number of nitrogens with zero attached hydrogens (tertiary/aromatic N) is 4. The van der Waals surface area contributed by atoms with Crippen LogP contribution in [0.2, 0.25) is 0 Å². The van der Waals surface area contributed by atoms with Crippen LogP contribution in [0, 0.1) is 0 Å². The van der Waals surface area contributed by atoms with Crippen molar-refractivity contribution >= 4 is 21.8 Å². The molecule has 4 heteroatoms. The van der Waals surface area contributed by atoms with Gasteiger partial charge in [0.1, 0.15) is 0 Å². The standard InChI is InChI=1S/C48H34N4/c1-48(2)41-28-34(25-26-37(41)39-29-40-38-23-12-13-24-43(38)52(44(40)30-42(39)48)36-21-10-5-11-22-36)33-19-14-20-35(27-33)47-50-45(31-15-6-3-7-16-31)49-46(51-47)32-17-8-4-9-18-32/h3-30H,1-2H3. The molecule has 0 bridgehead atoms. The van der Waals surface area contributed by atoms with Gasteiger partial charge in [0.2, 0.25) is 0 Å². The predicted molar refractivity (Wildman–Crippen MR) is 213 cm³/mol. The van der Waals surface area contributed by atoms with Crippen LogP contribution in [0.1, 0.15) is 25.0 Å². The summed E-state index contributed by atoms with van der Waals surface area (Å²) in [7, 11) is 0. The Labute approximate surface area is 302 Å². The first-order valence-corrected chi connectivity index (χ1v) is 17.8. The number of para-hydroxylation sites is 2. The molecule has 0 atom stereocenters. The van der Waals surface area contributed by atoms with Crippen molar-refractivity contribution in [2.75, 3.05) is 0 Å². The van der Waals surface area contributed by atoms with Crippen LogP contribution in [-0.2, 0) is 5.41 Å². The zero-order chi connectivity index (χ0) is 34.8. The minimum atomic E-state index is -0.187. The van der Waals surface area contributed by atoms with Crippen molar-refractivity contribution in [1.29, 1.82) is 0 Å². The number of rotatable bonds is 5. The van der Waals surface area contributed by atoms with E-state index < -0.39 is 0 Å². The van der Waals surface area contributed by atoms with Crippen molar-refractivity contribution in [3.05, 3.63) is 181 Å². The van der Waals surface area contributed by atoms with Gasteiger partial charge in [0.25, 0.3) is 0 Å². The summed E-state index contributed by atoms with van der Waals surface area (Å²) in [6.07, 6.45) is 0. The Bertz CT molecular complexity index is 2740. The molecule has 2 heterocycles. The molecule has 1 aliphatic carbocycles. The first-order chi connectivity index (χ1) is 25.5. The molecule has 0 saturated heterocycles. The third-order valence-corrected chi connectivity index (χ3v) is 10.6. The minimum absolute atomic E-state index is 0.187. The molecule has 2 aromatic heterocycles. The molecule has 0 unspecified atom stereocenters. The lowest BCUT2D eigenvalue weighted by molar-refractivity contribution is 0.661. The van der Waals surface area contributed by atoms with Gasteiger partial charge in [0, 0.05) is 38.6 Å². The second-order valence-electron chi connectivity index (χ2n) is 14.1. The monoisotopic (exact) mass is 666 g/mol. The van der Waals surface area contributed by atoms with Crippen LogP contribution in [0.4, 0.5) is 0 Å². The van der Waals surface area contributed by atoms with Crippen LogP contribution in [0.3, 0.4) is 0 Å². The Morgan fingerprint density at radius 1 is 0.385 bits per heavy atom. The molecule has 0 N–H and O–H groups in total. The van der Waals surface area contributed by atoms with Crippen LogP contribution < -0.4 is 0 Å². The van der Waals surface area contributed by atoms with Gasteiger partial charge in [-0.25, -0.2) is 15.0 Å². The quantitative estimate of drug-likeness (QED) is 0.184. The van der Waals surface area contributed by atoms with E-state index >= 15 is 0 Å². The lowest BCUT2D eigenvalue weighted by Crippen LogP contribution is -2.15. The van der Waals surface area contributed by atoms with E-state index in [1.165, 1.54) is 55.3 Å². The van der Waals surface area contributed by atoms with Gasteiger partial charge in [-0.15, -0.1) is 0 Å². The Hall–Kier alpha value is -6.65. The molecule has 10 rings (SSSR count). The number of hydrogen-bond donors (Lipinski definition) is 0. The van der Waals surface area contributed by atoms with E-state index in [2.05, 4.69) is 128 Å². The topological polar surface area (TPSA) is 43.6 Å². The summed E-state index contributed by atoms with van der Waals surface area (Å²) in [5, 5.41) is 2.55. The zero-order valence-electron chi connectivity index (χ0n) is 29.0. The molecule has 4 nitrogen and oxygen atoms in total. The molecule has 0 fully saturated rings. The van der Waals surface area contributed by atoms with Crippen LogP contribution in [0.5, 0.6) is 0 Å². The summed E-state index contributed by atoms with van der Waals surface area (Å²) >= 11 is 0. The molecule has 0 saturated carbocycles. The van der Waals surface area contributed by atoms with Gasteiger partial charge in [-0.05, 0) is 75.8 Å². The first kappa shape index (κ1) is 30.2. The molecule has 1 aliphatic rings. The molecular formula is C48H34N4. The van der Waals surface area contributed by atoms with Crippen LogP contribution in [-0.4, -0.2) is 19.5 Å². The fourth-order valence-electron chi connectivity index (χ4n) is 8.01. The highest BCUT2D eigenvalue weighted by Gasteiger charge is 2.36. The van der Waals surface area contributed by atoms with Gasteiger partial charge >= 0.3 is 0 Å². The summed E-state index contributed by atoms with van der Waals surface area (Å²) in [6, 6.07) is 60.1. The Kier molecular flexibility index (Phi) is 6.80. The molecule has 0 aliphatic heterocycles. The highest BCUT2D eigenvalue weighted by atomic mass is 15.0. The van der Waals surface area contributed by atoms with Crippen LogP contribution >= 0.6 is 0 Å². The smallest absolute Gasteiger partial charge is 0.164 e. The third kappa shape index (κ3) is 4.79. The largest absolute Gasteiger partial charge is 0.309 e. The number of benzene rings is 7. The Morgan fingerprint density at radius 3 is 1.62 bits per heavy atom. The second-order valence-corrected chi connectivity index (χ2v) is 14.1. The van der Waals surface area contributed by atoms with E-state index in [9.17, 15) is 0 Å². The molecule has 52 heavy (non-hydrogen) atoms. The highest BCUT2D eigenvalue weighted by Crippen LogP contribution is 2.52. The van der Waals surface area contributed by atoms with Gasteiger partial charge in [-0.1, -0.05) is 141 Å². The number of aromatic nitrogens is 4. The second kappa shape index (κ2) is 11.7. The fourth-order valence-corrected chi connectivity index (χ4v) is 8.01. The van der Waals surface area contributed by atoms with Crippen molar-refractivity contribution in [2.45, 2.75) is 19.3 Å². The van der Waals surface area contributed by atoms with E-state index in [1.807, 2.05) is 60.7 Å². The van der Waals surface area contributed by atoms with Crippen molar-refractivity contribution in [1.82, 2.24) is 19.5 Å². The number of fused-ring (bicyclic) bond motifs is 6. The lowest BCUT2D eigenvalue weighted by atomic mass is 9.81. The minimum Gasteiger partial charge on any atom is -0.309 e. The van der Waals surface area contributed by atoms with Crippen molar-refractivity contribution in [2.24, 2.45) is 0 Å². The van der Waals surface area contributed by atoms with E-state index in [0.717, 1.165) is 22.3 Å². The van der Waals surface area contributed by atoms with E-state index in [1.54, 1.807) is 0 Å². The molecule has 246 valence electrons. The summed E-state index contributed by atoms with van der Waals surface area (Å²) in [5.74, 6) is 1.97. The van der Waals surface area contributed by atoms with Crippen molar-refractivity contribution < 1.29 is 0 Å². The summed E-state index contributed by atoms with van der Waals surface area (Å²) in [6.45, 7) is 4.72. The summed E-state index contributed by atoms with van der Waals surface area (Å²) < 4.78 is 2.41. The maximum absolute atomic E-state index is 4.99. The fraction of sp³-hybridized carbons (Fsp3) is 0.0625. The number of hydrogen-bond acceptors (Lipinski definition) is 3. The summed E-state index contributed by atoms with van der Waals surface area (Å²) in [4.78, 5) is 14.9. The molecule has 7 aromatic carbocycles. The average Bonchev–Trinajstić information content (AvgIpc) is 3.65. The van der Waals surface area contributed by atoms with Crippen LogP contribution in [0.25, 0.3) is 83.9 Å². The first-order valence-electron chi connectivity index (χ1n) is 17.8. The maximum Gasteiger partial charge on any atom is 0.164 e. The average molecular weight is 667 g/mol. The van der Waals surface area contributed by atoms with Gasteiger partial charge in [0.05, 0.1) is 11.0 Å². The van der Waals surface area contributed by atoms with Gasteiger partial charge in [-0.2, -0.15) is 0 Å². The Morgan fingerprint density at radius 2 is 0.923 bits per heavy atom. The normalized spacial score (nSPS) is 13.0. The lowest BCUT2D eigenvalue weighted by Gasteiger charge is -2.22. The maximum atomic E-state index is 4.99. The van der Waals surface area contributed by atoms with Crippen molar-refractivity contribution in [3.63, 3.8) is 0 Å². The molecule has 0 amide bonds. The SMILES string of the molecule is CC1(C)c2cc(-c3cccc(-c4nc(-c5ccccc5)nc(-c5ccccc5)n4)c3)ccc2-c2cc3c4ccccc4n(-c4ccccc4)c3cc21. The van der Waals surface area contributed by atoms with Gasteiger partial charge < -0.3 is 4.57 Å².